The van der Waals surface area contributed by atoms with Crippen LogP contribution in [0.2, 0.25) is 0 Å². The van der Waals surface area contributed by atoms with Gasteiger partial charge in [0.1, 0.15) is 5.60 Å². The molecule has 0 saturated heterocycles. The summed E-state index contributed by atoms with van der Waals surface area (Å²) in [6.45, 7) is 6.81. The topological polar surface area (TPSA) is 72.9 Å². The van der Waals surface area contributed by atoms with Crippen LogP contribution >= 0.6 is 0 Å². The maximum atomic E-state index is 12.1. The van der Waals surface area contributed by atoms with E-state index in [-0.39, 0.29) is 6.61 Å². The molecule has 1 heterocycles. The summed E-state index contributed by atoms with van der Waals surface area (Å²) in [5, 5.41) is 0.700. The molecule has 0 spiro atoms. The van der Waals surface area contributed by atoms with Crippen LogP contribution in [0.15, 0.2) is 24.3 Å². The first-order valence-electron chi connectivity index (χ1n) is 7.04. The van der Waals surface area contributed by atoms with Crippen molar-refractivity contribution in [1.82, 2.24) is 5.06 Å². The van der Waals surface area contributed by atoms with Crippen LogP contribution in [0.5, 0.6) is 0 Å². The van der Waals surface area contributed by atoms with Gasteiger partial charge in [0.25, 0.3) is 11.8 Å². The van der Waals surface area contributed by atoms with Crippen molar-refractivity contribution in [3.05, 3.63) is 35.4 Å². The molecule has 0 saturated carbocycles. The number of hydrogen-bond donors (Lipinski definition) is 0. The fraction of sp³-hybridized carbons (Fsp3) is 0.438. The first-order chi connectivity index (χ1) is 10.2. The quantitative estimate of drug-likeness (QED) is 0.630. The van der Waals surface area contributed by atoms with E-state index in [1.54, 1.807) is 52.0 Å². The number of carbonyl (C=O) groups excluding carboxylic acids is 3. The van der Waals surface area contributed by atoms with Crippen molar-refractivity contribution in [3.8, 4) is 0 Å². The highest BCUT2D eigenvalue weighted by atomic mass is 16.7. The molecule has 0 unspecified atom stereocenters. The lowest BCUT2D eigenvalue weighted by Gasteiger charge is -2.23. The Labute approximate surface area is 129 Å². The average molecular weight is 305 g/mol. The minimum Gasteiger partial charge on any atom is -0.460 e. The number of nitrogens with zero attached hydrogens (tertiary/aromatic N) is 1. The summed E-state index contributed by atoms with van der Waals surface area (Å²) in [5.74, 6) is -2.07. The second kappa shape index (κ2) is 5.88. The summed E-state index contributed by atoms with van der Waals surface area (Å²) in [7, 11) is 0. The molecule has 1 atom stereocenters. The fourth-order valence-corrected chi connectivity index (χ4v) is 1.94. The lowest BCUT2D eigenvalue weighted by atomic mass is 10.1. The Morgan fingerprint density at radius 2 is 1.64 bits per heavy atom. The van der Waals surface area contributed by atoms with Crippen molar-refractivity contribution in [1.29, 1.82) is 0 Å². The summed E-state index contributed by atoms with van der Waals surface area (Å²) in [6, 6.07) is 6.49. The standard InChI is InChI=1S/C16H19NO5/c1-10(15(20)22-16(2,3)4)9-21-17-13(18)11-7-5-6-8-12(11)14(17)19/h5-8,10H,9H2,1-4H3/t10-/m0/s1. The molecule has 0 aliphatic carbocycles. The van der Waals surface area contributed by atoms with Gasteiger partial charge in [-0.3, -0.25) is 19.2 Å². The molecule has 0 aromatic heterocycles. The van der Waals surface area contributed by atoms with Crippen LogP contribution in [0.1, 0.15) is 48.4 Å². The van der Waals surface area contributed by atoms with Gasteiger partial charge in [-0.1, -0.05) is 12.1 Å². The zero-order valence-electron chi connectivity index (χ0n) is 13.1. The number of esters is 1. The number of ether oxygens (including phenoxy) is 1. The predicted octanol–water partition coefficient (Wildman–Crippen LogP) is 2.19. The van der Waals surface area contributed by atoms with Gasteiger partial charge in [0.15, 0.2) is 0 Å². The van der Waals surface area contributed by atoms with Crippen LogP contribution in [0.4, 0.5) is 0 Å². The molecule has 0 bridgehead atoms. The fourth-order valence-electron chi connectivity index (χ4n) is 1.94. The second-order valence-electron chi connectivity index (χ2n) is 6.18. The Bertz CT molecular complexity index is 582. The number of rotatable bonds is 4. The Balaban J connectivity index is 1.97. The monoisotopic (exact) mass is 305 g/mol. The van der Waals surface area contributed by atoms with Crippen molar-refractivity contribution in [2.24, 2.45) is 5.92 Å². The summed E-state index contributed by atoms with van der Waals surface area (Å²) < 4.78 is 5.22. The first-order valence-corrected chi connectivity index (χ1v) is 7.04. The van der Waals surface area contributed by atoms with Gasteiger partial charge < -0.3 is 4.74 Å². The maximum absolute atomic E-state index is 12.1. The molecular formula is C16H19NO5. The van der Waals surface area contributed by atoms with E-state index in [1.165, 1.54) is 0 Å². The highest BCUT2D eigenvalue weighted by Gasteiger charge is 2.37. The first kappa shape index (κ1) is 16.2. The largest absolute Gasteiger partial charge is 0.460 e. The molecule has 1 aliphatic heterocycles. The SMILES string of the molecule is C[C@@H](CON1C(=O)c2ccccc2C1=O)C(=O)OC(C)(C)C. The Morgan fingerprint density at radius 3 is 2.09 bits per heavy atom. The van der Waals surface area contributed by atoms with E-state index >= 15 is 0 Å². The van der Waals surface area contributed by atoms with Crippen LogP contribution in [0.3, 0.4) is 0 Å². The molecule has 1 aliphatic rings. The van der Waals surface area contributed by atoms with Crippen LogP contribution in [-0.2, 0) is 14.4 Å². The van der Waals surface area contributed by atoms with Crippen LogP contribution in [0.25, 0.3) is 0 Å². The molecule has 2 amide bonds. The second-order valence-corrected chi connectivity index (χ2v) is 6.18. The molecule has 22 heavy (non-hydrogen) atoms. The number of benzene rings is 1. The molecule has 1 aromatic rings. The summed E-state index contributed by atoms with van der Waals surface area (Å²) >= 11 is 0. The van der Waals surface area contributed by atoms with E-state index in [9.17, 15) is 14.4 Å². The summed E-state index contributed by atoms with van der Waals surface area (Å²) in [5.41, 5.74) is 0.00997. The minimum atomic E-state index is -0.596. The molecule has 0 fully saturated rings. The third-order valence-corrected chi connectivity index (χ3v) is 3.02. The number of fused-ring (bicyclic) bond motifs is 1. The number of carbonyl (C=O) groups is 3. The highest BCUT2D eigenvalue weighted by molar-refractivity contribution is 6.20. The van der Waals surface area contributed by atoms with Gasteiger partial charge in [-0.2, -0.15) is 0 Å². The highest BCUT2D eigenvalue weighted by Crippen LogP contribution is 2.23. The lowest BCUT2D eigenvalue weighted by molar-refractivity contribution is -0.167. The van der Waals surface area contributed by atoms with Gasteiger partial charge in [-0.25, -0.2) is 0 Å². The predicted molar refractivity (Wildman–Crippen MR) is 77.9 cm³/mol. The minimum absolute atomic E-state index is 0.111. The van der Waals surface area contributed by atoms with Crippen molar-refractivity contribution in [2.75, 3.05) is 6.61 Å². The van der Waals surface area contributed by atoms with Crippen molar-refractivity contribution in [3.63, 3.8) is 0 Å². The lowest BCUT2D eigenvalue weighted by Crippen LogP contribution is -2.35. The molecule has 118 valence electrons. The Morgan fingerprint density at radius 1 is 1.14 bits per heavy atom. The van der Waals surface area contributed by atoms with Gasteiger partial charge in [0.2, 0.25) is 0 Å². The van der Waals surface area contributed by atoms with Gasteiger partial charge in [-0.15, -0.1) is 5.06 Å². The smallest absolute Gasteiger partial charge is 0.311 e. The van der Waals surface area contributed by atoms with Crippen molar-refractivity contribution in [2.45, 2.75) is 33.3 Å². The number of amides is 2. The maximum Gasteiger partial charge on any atom is 0.311 e. The van der Waals surface area contributed by atoms with Crippen molar-refractivity contribution >= 4 is 17.8 Å². The van der Waals surface area contributed by atoms with E-state index in [2.05, 4.69) is 0 Å². The van der Waals surface area contributed by atoms with Gasteiger partial charge >= 0.3 is 5.97 Å². The molecule has 1 aromatic carbocycles. The van der Waals surface area contributed by atoms with E-state index < -0.39 is 29.3 Å². The van der Waals surface area contributed by atoms with Gasteiger partial charge in [0, 0.05) is 0 Å². The third-order valence-electron chi connectivity index (χ3n) is 3.02. The zero-order chi connectivity index (χ0) is 16.5. The normalized spacial score (nSPS) is 15.7. The third kappa shape index (κ3) is 3.33. The zero-order valence-corrected chi connectivity index (χ0v) is 13.1. The summed E-state index contributed by atoms with van der Waals surface area (Å²) in [4.78, 5) is 41.3. The van der Waals surface area contributed by atoms with Crippen LogP contribution in [0, 0.1) is 5.92 Å². The number of hydrogen-bond acceptors (Lipinski definition) is 5. The van der Waals surface area contributed by atoms with Gasteiger partial charge in [-0.05, 0) is 39.8 Å². The van der Waals surface area contributed by atoms with Crippen LogP contribution in [-0.4, -0.2) is 35.1 Å². The number of hydroxylamine groups is 2. The molecule has 2 rings (SSSR count). The molecule has 6 nitrogen and oxygen atoms in total. The Hall–Kier alpha value is -2.21. The average Bonchev–Trinajstić information content (AvgIpc) is 2.67. The van der Waals surface area contributed by atoms with E-state index in [0.29, 0.717) is 16.2 Å². The number of imide groups is 1. The molecule has 6 heteroatoms. The molecular weight excluding hydrogens is 286 g/mol. The van der Waals surface area contributed by atoms with Crippen LogP contribution < -0.4 is 0 Å². The van der Waals surface area contributed by atoms with Gasteiger partial charge in [0.05, 0.1) is 23.7 Å². The molecule has 0 radical (unpaired) electrons. The van der Waals surface area contributed by atoms with E-state index in [0.717, 1.165) is 0 Å². The Kier molecular flexibility index (Phi) is 4.32. The molecule has 0 N–H and O–H groups in total. The van der Waals surface area contributed by atoms with E-state index in [1.807, 2.05) is 0 Å². The van der Waals surface area contributed by atoms with Crippen molar-refractivity contribution < 1.29 is 24.0 Å². The summed E-state index contributed by atoms with van der Waals surface area (Å²) in [6.07, 6.45) is 0. The van der Waals surface area contributed by atoms with E-state index in [4.69, 9.17) is 9.57 Å².